The zero-order valence-electron chi connectivity index (χ0n) is 10.6. The quantitative estimate of drug-likeness (QED) is 0.895. The lowest BCUT2D eigenvalue weighted by Gasteiger charge is -2.35. The van der Waals surface area contributed by atoms with Crippen LogP contribution in [0.1, 0.15) is 18.0 Å². The third kappa shape index (κ3) is 4.29. The maximum Gasteiger partial charge on any atom is 0.123 e. The zero-order chi connectivity index (χ0) is 13.0. The minimum atomic E-state index is -0.285. The Balaban J connectivity index is 0.00000180. The van der Waals surface area contributed by atoms with E-state index in [0.717, 1.165) is 31.7 Å². The standard InChI is InChI=1S/C13H18ClFN2O.ClH/c14-12-2-1-10(15)9-11(12)13(3-8-18)17-6-4-16-5-7-17;/h1-2,9,13,16,18H,3-8H2;1H/t13-;/m1./s1. The van der Waals surface area contributed by atoms with E-state index in [1.807, 2.05) is 0 Å². The molecule has 1 fully saturated rings. The molecule has 0 aliphatic carbocycles. The van der Waals surface area contributed by atoms with E-state index in [1.54, 1.807) is 6.07 Å². The molecule has 2 N–H and O–H groups in total. The summed E-state index contributed by atoms with van der Waals surface area (Å²) in [5.41, 5.74) is 0.771. The summed E-state index contributed by atoms with van der Waals surface area (Å²) in [6.45, 7) is 3.67. The first kappa shape index (κ1) is 16.7. The molecule has 1 aromatic rings. The molecule has 0 unspecified atom stereocenters. The predicted molar refractivity (Wildman–Crippen MR) is 77.5 cm³/mol. The van der Waals surface area contributed by atoms with Crippen LogP contribution in [0.2, 0.25) is 5.02 Å². The molecule has 0 saturated carbocycles. The summed E-state index contributed by atoms with van der Waals surface area (Å²) >= 11 is 6.16. The number of aliphatic hydroxyl groups excluding tert-OH is 1. The van der Waals surface area contributed by atoms with Crippen LogP contribution in [-0.2, 0) is 0 Å². The Kier molecular flexibility index (Phi) is 7.04. The monoisotopic (exact) mass is 308 g/mol. The van der Waals surface area contributed by atoms with Gasteiger partial charge in [0.15, 0.2) is 0 Å². The molecule has 6 heteroatoms. The first-order valence-electron chi connectivity index (χ1n) is 6.23. The SMILES string of the molecule is Cl.OCC[C@H](c1cc(F)ccc1Cl)N1CCNCC1. The fraction of sp³-hybridized carbons (Fsp3) is 0.538. The lowest BCUT2D eigenvalue weighted by atomic mass is 10.0. The van der Waals surface area contributed by atoms with E-state index in [9.17, 15) is 9.50 Å². The molecule has 0 bridgehead atoms. The number of hydrogen-bond acceptors (Lipinski definition) is 3. The number of nitrogens with one attached hydrogen (secondary N) is 1. The molecule has 1 aliphatic rings. The number of aliphatic hydroxyl groups is 1. The normalized spacial score (nSPS) is 17.8. The molecule has 1 saturated heterocycles. The largest absolute Gasteiger partial charge is 0.396 e. The third-order valence-electron chi connectivity index (χ3n) is 3.31. The second-order valence-electron chi connectivity index (χ2n) is 4.48. The third-order valence-corrected chi connectivity index (χ3v) is 3.66. The maximum absolute atomic E-state index is 13.4. The molecule has 2 rings (SSSR count). The molecule has 0 amide bonds. The van der Waals surface area contributed by atoms with Gasteiger partial charge in [-0.15, -0.1) is 12.4 Å². The fourth-order valence-electron chi connectivity index (χ4n) is 2.42. The zero-order valence-corrected chi connectivity index (χ0v) is 12.2. The molecule has 3 nitrogen and oxygen atoms in total. The van der Waals surface area contributed by atoms with Crippen molar-refractivity contribution < 1.29 is 9.50 Å². The minimum Gasteiger partial charge on any atom is -0.396 e. The average molecular weight is 309 g/mol. The molecule has 108 valence electrons. The topological polar surface area (TPSA) is 35.5 Å². The Morgan fingerprint density at radius 3 is 2.68 bits per heavy atom. The van der Waals surface area contributed by atoms with E-state index < -0.39 is 0 Å². The van der Waals surface area contributed by atoms with E-state index in [-0.39, 0.29) is 30.9 Å². The highest BCUT2D eigenvalue weighted by Crippen LogP contribution is 2.30. The lowest BCUT2D eigenvalue weighted by Crippen LogP contribution is -2.45. The van der Waals surface area contributed by atoms with Crippen LogP contribution in [0, 0.1) is 5.82 Å². The van der Waals surface area contributed by atoms with Crippen molar-refractivity contribution >= 4 is 24.0 Å². The maximum atomic E-state index is 13.4. The number of hydrogen-bond donors (Lipinski definition) is 2. The summed E-state index contributed by atoms with van der Waals surface area (Å²) in [4.78, 5) is 2.24. The van der Waals surface area contributed by atoms with Gasteiger partial charge in [0.05, 0.1) is 0 Å². The molecule has 1 aliphatic heterocycles. The van der Waals surface area contributed by atoms with Crippen LogP contribution in [0.4, 0.5) is 4.39 Å². The van der Waals surface area contributed by atoms with Crippen molar-refractivity contribution in [1.29, 1.82) is 0 Å². The number of rotatable bonds is 4. The second kappa shape index (κ2) is 8.02. The molecular weight excluding hydrogens is 290 g/mol. The highest BCUT2D eigenvalue weighted by atomic mass is 35.5. The molecule has 19 heavy (non-hydrogen) atoms. The number of halogens is 3. The van der Waals surface area contributed by atoms with E-state index in [4.69, 9.17) is 11.6 Å². The number of benzene rings is 1. The van der Waals surface area contributed by atoms with Crippen LogP contribution in [-0.4, -0.2) is 42.8 Å². The van der Waals surface area contributed by atoms with Crippen molar-refractivity contribution in [3.8, 4) is 0 Å². The molecule has 1 heterocycles. The first-order valence-corrected chi connectivity index (χ1v) is 6.60. The van der Waals surface area contributed by atoms with Crippen molar-refractivity contribution in [2.24, 2.45) is 0 Å². The smallest absolute Gasteiger partial charge is 0.123 e. The Hall–Kier alpha value is -0.390. The van der Waals surface area contributed by atoms with Crippen LogP contribution < -0.4 is 5.32 Å². The van der Waals surface area contributed by atoms with Gasteiger partial charge in [0.1, 0.15) is 5.82 Å². The summed E-state index contributed by atoms with van der Waals surface area (Å²) in [5, 5.41) is 13.1. The van der Waals surface area contributed by atoms with Crippen LogP contribution in [0.5, 0.6) is 0 Å². The van der Waals surface area contributed by atoms with Gasteiger partial charge < -0.3 is 10.4 Å². The first-order chi connectivity index (χ1) is 8.72. The fourth-order valence-corrected chi connectivity index (χ4v) is 2.66. The average Bonchev–Trinajstić information content (AvgIpc) is 2.40. The van der Waals surface area contributed by atoms with Gasteiger partial charge >= 0.3 is 0 Å². The van der Waals surface area contributed by atoms with Crippen LogP contribution in [0.15, 0.2) is 18.2 Å². The predicted octanol–water partition coefficient (Wildman–Crippen LogP) is 2.23. The molecule has 0 aromatic heterocycles. The molecule has 0 radical (unpaired) electrons. The molecule has 1 atom stereocenters. The van der Waals surface area contributed by atoms with Gasteiger partial charge in [0.2, 0.25) is 0 Å². The summed E-state index contributed by atoms with van der Waals surface area (Å²) < 4.78 is 13.4. The molecule has 0 spiro atoms. The Bertz CT molecular complexity index is 400. The van der Waals surface area contributed by atoms with E-state index in [1.165, 1.54) is 12.1 Å². The van der Waals surface area contributed by atoms with E-state index in [2.05, 4.69) is 10.2 Å². The van der Waals surface area contributed by atoms with Gasteiger partial charge in [-0.05, 0) is 30.2 Å². The Morgan fingerprint density at radius 1 is 1.37 bits per heavy atom. The van der Waals surface area contributed by atoms with Crippen molar-refractivity contribution in [3.63, 3.8) is 0 Å². The van der Waals surface area contributed by atoms with Crippen molar-refractivity contribution in [2.45, 2.75) is 12.5 Å². The van der Waals surface area contributed by atoms with Gasteiger partial charge in [0, 0.05) is 43.9 Å². The summed E-state index contributed by atoms with van der Waals surface area (Å²) in [6, 6.07) is 4.41. The van der Waals surface area contributed by atoms with Crippen LogP contribution >= 0.6 is 24.0 Å². The number of nitrogens with zero attached hydrogens (tertiary/aromatic N) is 1. The number of piperazine rings is 1. The molecule has 1 aromatic carbocycles. The lowest BCUT2D eigenvalue weighted by molar-refractivity contribution is 0.141. The second-order valence-corrected chi connectivity index (χ2v) is 4.89. The highest BCUT2D eigenvalue weighted by Gasteiger charge is 2.23. The summed E-state index contributed by atoms with van der Waals surface area (Å²) in [6.07, 6.45) is 0.573. The van der Waals surface area contributed by atoms with E-state index in [0.29, 0.717) is 11.4 Å². The van der Waals surface area contributed by atoms with Crippen LogP contribution in [0.25, 0.3) is 0 Å². The Labute approximate surface area is 124 Å². The summed E-state index contributed by atoms with van der Waals surface area (Å²) in [5.74, 6) is -0.285. The van der Waals surface area contributed by atoms with Gasteiger partial charge in [-0.3, -0.25) is 4.90 Å². The minimum absolute atomic E-state index is 0. The van der Waals surface area contributed by atoms with Crippen molar-refractivity contribution in [1.82, 2.24) is 10.2 Å². The highest BCUT2D eigenvalue weighted by molar-refractivity contribution is 6.31. The summed E-state index contributed by atoms with van der Waals surface area (Å²) in [7, 11) is 0. The van der Waals surface area contributed by atoms with Gasteiger partial charge in [-0.2, -0.15) is 0 Å². The van der Waals surface area contributed by atoms with Gasteiger partial charge in [-0.25, -0.2) is 4.39 Å². The Morgan fingerprint density at radius 2 is 2.05 bits per heavy atom. The van der Waals surface area contributed by atoms with Gasteiger partial charge in [0.25, 0.3) is 0 Å². The van der Waals surface area contributed by atoms with Crippen LogP contribution in [0.3, 0.4) is 0 Å². The van der Waals surface area contributed by atoms with Crippen molar-refractivity contribution in [3.05, 3.63) is 34.6 Å². The van der Waals surface area contributed by atoms with Gasteiger partial charge in [-0.1, -0.05) is 11.6 Å². The molecular formula is C13H19Cl2FN2O. The van der Waals surface area contributed by atoms with Crippen molar-refractivity contribution in [2.75, 3.05) is 32.8 Å². The van der Waals surface area contributed by atoms with E-state index >= 15 is 0 Å².